The lowest BCUT2D eigenvalue weighted by molar-refractivity contribution is 0.0784. The van der Waals surface area contributed by atoms with Crippen LogP contribution >= 0.6 is 0 Å². The van der Waals surface area contributed by atoms with Gasteiger partial charge in [-0.1, -0.05) is 25.1 Å². The van der Waals surface area contributed by atoms with Gasteiger partial charge >= 0.3 is 0 Å². The smallest absolute Gasteiger partial charge is 0.257 e. The molecule has 0 unspecified atom stereocenters. The van der Waals surface area contributed by atoms with E-state index in [0.717, 1.165) is 28.7 Å². The Kier molecular flexibility index (Phi) is 4.21. The molecule has 0 aliphatic rings. The van der Waals surface area contributed by atoms with Crippen LogP contribution < -0.4 is 5.73 Å². The van der Waals surface area contributed by atoms with E-state index in [-0.39, 0.29) is 12.5 Å². The van der Waals surface area contributed by atoms with Crippen LogP contribution in [-0.4, -0.2) is 17.9 Å². The minimum Gasteiger partial charge on any atom is -0.467 e. The molecule has 0 spiro atoms. The monoisotopic (exact) mass is 312 g/mol. The van der Waals surface area contributed by atoms with Crippen molar-refractivity contribution in [3.05, 3.63) is 59.2 Å². The molecule has 0 saturated heterocycles. The summed E-state index contributed by atoms with van der Waals surface area (Å²) in [5.74, 6) is 1.42. The first kappa shape index (κ1) is 15.4. The summed E-state index contributed by atoms with van der Waals surface area (Å²) < 4.78 is 11.1. The maximum absolute atomic E-state index is 12.5. The predicted octanol–water partition coefficient (Wildman–Crippen LogP) is 3.32. The lowest BCUT2D eigenvalue weighted by atomic mass is 10.1. The summed E-state index contributed by atoms with van der Waals surface area (Å²) >= 11 is 0. The van der Waals surface area contributed by atoms with E-state index in [1.54, 1.807) is 18.0 Å². The minimum absolute atomic E-state index is 0.0965. The van der Waals surface area contributed by atoms with E-state index < -0.39 is 0 Å². The maximum Gasteiger partial charge on any atom is 0.257 e. The SMILES string of the molecule is CCc1oc2ccccc2c1CN(C)C(=O)c1coc(CN)c1. The number of amides is 1. The number of benzene rings is 1. The standard InChI is InChI=1S/C18H20N2O3/c1-3-16-15(14-6-4-5-7-17(14)23-16)10-20(2)18(21)12-8-13(9-19)22-11-12/h4-8,11H,3,9-10,19H2,1-2H3. The molecule has 0 saturated carbocycles. The topological polar surface area (TPSA) is 72.6 Å². The van der Waals surface area contributed by atoms with Gasteiger partial charge in [-0.15, -0.1) is 0 Å². The van der Waals surface area contributed by atoms with E-state index in [2.05, 4.69) is 0 Å². The molecule has 3 aromatic rings. The maximum atomic E-state index is 12.5. The summed E-state index contributed by atoms with van der Waals surface area (Å²) in [7, 11) is 1.78. The van der Waals surface area contributed by atoms with Crippen molar-refractivity contribution in [3.8, 4) is 0 Å². The van der Waals surface area contributed by atoms with E-state index in [1.165, 1.54) is 6.26 Å². The van der Waals surface area contributed by atoms with Crippen molar-refractivity contribution in [2.75, 3.05) is 7.05 Å². The number of nitrogens with zero attached hydrogens (tertiary/aromatic N) is 1. The summed E-state index contributed by atoms with van der Waals surface area (Å²) in [5.41, 5.74) is 7.94. The molecule has 0 radical (unpaired) electrons. The van der Waals surface area contributed by atoms with E-state index in [0.29, 0.717) is 17.9 Å². The highest BCUT2D eigenvalue weighted by Crippen LogP contribution is 2.27. The Morgan fingerprint density at radius 2 is 2.09 bits per heavy atom. The molecule has 2 N–H and O–H groups in total. The second-order valence-corrected chi connectivity index (χ2v) is 5.52. The predicted molar refractivity (Wildman–Crippen MR) is 88.0 cm³/mol. The zero-order valence-electron chi connectivity index (χ0n) is 13.3. The Balaban J connectivity index is 1.87. The van der Waals surface area contributed by atoms with Gasteiger partial charge in [-0.2, -0.15) is 0 Å². The van der Waals surface area contributed by atoms with Crippen molar-refractivity contribution in [2.24, 2.45) is 5.73 Å². The number of hydrogen-bond acceptors (Lipinski definition) is 4. The van der Waals surface area contributed by atoms with Crippen molar-refractivity contribution < 1.29 is 13.6 Å². The van der Waals surface area contributed by atoms with Gasteiger partial charge in [0.05, 0.1) is 12.1 Å². The van der Waals surface area contributed by atoms with Crippen LogP contribution in [0.2, 0.25) is 0 Å². The van der Waals surface area contributed by atoms with Gasteiger partial charge in [-0.3, -0.25) is 4.79 Å². The minimum atomic E-state index is -0.0965. The molecular formula is C18H20N2O3. The lowest BCUT2D eigenvalue weighted by Gasteiger charge is -2.16. The van der Waals surface area contributed by atoms with E-state index in [1.807, 2.05) is 31.2 Å². The van der Waals surface area contributed by atoms with Gasteiger partial charge in [0.2, 0.25) is 0 Å². The van der Waals surface area contributed by atoms with E-state index in [4.69, 9.17) is 14.6 Å². The van der Waals surface area contributed by atoms with E-state index >= 15 is 0 Å². The average Bonchev–Trinajstić information content (AvgIpc) is 3.19. The second-order valence-electron chi connectivity index (χ2n) is 5.52. The third kappa shape index (κ3) is 2.87. The number of nitrogens with two attached hydrogens (primary N) is 1. The van der Waals surface area contributed by atoms with Crippen LogP contribution in [0.4, 0.5) is 0 Å². The quantitative estimate of drug-likeness (QED) is 0.784. The number of hydrogen-bond donors (Lipinski definition) is 1. The largest absolute Gasteiger partial charge is 0.467 e. The molecule has 2 heterocycles. The highest BCUT2D eigenvalue weighted by molar-refractivity contribution is 5.94. The fraction of sp³-hybridized carbons (Fsp3) is 0.278. The van der Waals surface area contributed by atoms with Crippen molar-refractivity contribution in [2.45, 2.75) is 26.4 Å². The summed E-state index contributed by atoms with van der Waals surface area (Å²) in [6, 6.07) is 9.59. The number of carbonyl (C=O) groups is 1. The average molecular weight is 312 g/mol. The third-order valence-corrected chi connectivity index (χ3v) is 3.95. The zero-order valence-corrected chi connectivity index (χ0v) is 13.3. The molecule has 0 aliphatic carbocycles. The van der Waals surface area contributed by atoms with Crippen LogP contribution in [0, 0.1) is 0 Å². The van der Waals surface area contributed by atoms with Gasteiger partial charge in [0.15, 0.2) is 0 Å². The molecule has 0 aliphatic heterocycles. The van der Waals surface area contributed by atoms with Gasteiger partial charge in [0.25, 0.3) is 5.91 Å². The number of furan rings is 2. The van der Waals surface area contributed by atoms with Crippen LogP contribution in [0.15, 0.2) is 45.4 Å². The molecule has 1 aromatic carbocycles. The normalized spacial score (nSPS) is 11.1. The van der Waals surface area contributed by atoms with Crippen molar-refractivity contribution in [1.82, 2.24) is 4.90 Å². The molecule has 5 heteroatoms. The van der Waals surface area contributed by atoms with Gasteiger partial charge in [-0.05, 0) is 12.1 Å². The molecule has 0 atom stereocenters. The van der Waals surface area contributed by atoms with Gasteiger partial charge in [0.1, 0.15) is 23.4 Å². The highest BCUT2D eigenvalue weighted by atomic mass is 16.3. The summed E-state index contributed by atoms with van der Waals surface area (Å²) in [4.78, 5) is 14.2. The van der Waals surface area contributed by atoms with E-state index in [9.17, 15) is 4.79 Å². The number of fused-ring (bicyclic) bond motifs is 1. The second kappa shape index (κ2) is 6.30. The molecule has 1 amide bonds. The van der Waals surface area contributed by atoms with Crippen molar-refractivity contribution in [3.63, 3.8) is 0 Å². The molecular weight excluding hydrogens is 292 g/mol. The van der Waals surface area contributed by atoms with Crippen LogP contribution in [0.1, 0.15) is 34.4 Å². The van der Waals surface area contributed by atoms with Crippen LogP contribution in [-0.2, 0) is 19.5 Å². The summed E-state index contributed by atoms with van der Waals surface area (Å²) in [6.07, 6.45) is 2.24. The first-order valence-electron chi connectivity index (χ1n) is 7.66. The summed E-state index contributed by atoms with van der Waals surface area (Å²) in [6.45, 7) is 2.82. The molecule has 3 rings (SSSR count). The van der Waals surface area contributed by atoms with Gasteiger partial charge in [-0.25, -0.2) is 0 Å². The molecule has 2 aromatic heterocycles. The number of carbonyl (C=O) groups excluding carboxylic acids is 1. The molecule has 0 fully saturated rings. The lowest BCUT2D eigenvalue weighted by Crippen LogP contribution is -2.26. The summed E-state index contributed by atoms with van der Waals surface area (Å²) in [5, 5.41) is 1.05. The molecule has 0 bridgehead atoms. The number of para-hydroxylation sites is 1. The first-order valence-corrected chi connectivity index (χ1v) is 7.66. The number of rotatable bonds is 5. The molecule has 23 heavy (non-hydrogen) atoms. The Morgan fingerprint density at radius 3 is 2.78 bits per heavy atom. The van der Waals surface area contributed by atoms with Crippen LogP contribution in [0.5, 0.6) is 0 Å². The molecule has 5 nitrogen and oxygen atoms in total. The zero-order chi connectivity index (χ0) is 16.4. The van der Waals surface area contributed by atoms with Crippen LogP contribution in [0.25, 0.3) is 11.0 Å². The fourth-order valence-corrected chi connectivity index (χ4v) is 2.74. The van der Waals surface area contributed by atoms with Crippen LogP contribution in [0.3, 0.4) is 0 Å². The number of aryl methyl sites for hydroxylation is 1. The molecule has 120 valence electrons. The Morgan fingerprint density at radius 1 is 1.30 bits per heavy atom. The third-order valence-electron chi connectivity index (χ3n) is 3.95. The Labute approximate surface area is 134 Å². The van der Waals surface area contributed by atoms with Gasteiger partial charge < -0.3 is 19.5 Å². The Hall–Kier alpha value is -2.53. The van der Waals surface area contributed by atoms with Crippen molar-refractivity contribution >= 4 is 16.9 Å². The highest BCUT2D eigenvalue weighted by Gasteiger charge is 2.19. The Bertz CT molecular complexity index is 832. The fourth-order valence-electron chi connectivity index (χ4n) is 2.74. The first-order chi connectivity index (χ1) is 11.1. The van der Waals surface area contributed by atoms with Crippen molar-refractivity contribution in [1.29, 1.82) is 0 Å². The van der Waals surface area contributed by atoms with Gasteiger partial charge in [0, 0.05) is 31.0 Å².